The summed E-state index contributed by atoms with van der Waals surface area (Å²) in [5.41, 5.74) is 2.22. The molecule has 2 aromatic carbocycles. The molecule has 2 amide bonds. The highest BCUT2D eigenvalue weighted by Gasteiger charge is 2.55. The van der Waals surface area contributed by atoms with Crippen LogP contribution in [-0.2, 0) is 9.59 Å². The summed E-state index contributed by atoms with van der Waals surface area (Å²) in [6.45, 7) is 4.42. The molecule has 3 aliphatic heterocycles. The average Bonchev–Trinajstić information content (AvgIpc) is 2.77. The Morgan fingerprint density at radius 3 is 1.47 bits per heavy atom. The van der Waals surface area contributed by atoms with Gasteiger partial charge in [-0.25, -0.2) is 0 Å². The summed E-state index contributed by atoms with van der Waals surface area (Å²) in [5, 5.41) is 0. The number of fused-ring (bicyclic) bond motifs is 2. The van der Waals surface area contributed by atoms with E-state index >= 15 is 0 Å². The number of carbonyl (C=O) groups excluding carboxylic acids is 2. The summed E-state index contributed by atoms with van der Waals surface area (Å²) >= 11 is 7.17. The molecule has 0 saturated carbocycles. The molecule has 3 fully saturated rings. The van der Waals surface area contributed by atoms with E-state index in [0.717, 1.165) is 45.8 Å². The van der Waals surface area contributed by atoms with Crippen molar-refractivity contribution in [2.24, 2.45) is 11.8 Å². The SMILES string of the molecule is C[C@@H]1CC[C@H]2C(=O)N3[C@@H](CC[C@@H](C)[C@@H]3c3cccc(Br)c3)C(=O)N2[C@H]1c1cccc(Br)c1. The number of rotatable bonds is 2. The normalized spacial score (nSPS) is 32.5. The van der Waals surface area contributed by atoms with Gasteiger partial charge in [-0.2, -0.15) is 0 Å². The Labute approximate surface area is 206 Å². The molecule has 4 nitrogen and oxygen atoms in total. The van der Waals surface area contributed by atoms with Gasteiger partial charge in [0.2, 0.25) is 11.8 Å². The van der Waals surface area contributed by atoms with Crippen molar-refractivity contribution < 1.29 is 9.59 Å². The van der Waals surface area contributed by atoms with E-state index in [1.54, 1.807) is 0 Å². The van der Waals surface area contributed by atoms with E-state index in [0.29, 0.717) is 11.8 Å². The second-order valence-corrected chi connectivity index (χ2v) is 11.5. The summed E-state index contributed by atoms with van der Waals surface area (Å²) < 4.78 is 2.01. The van der Waals surface area contributed by atoms with Gasteiger partial charge in [-0.1, -0.05) is 70.0 Å². The molecule has 2 aromatic rings. The molecule has 0 unspecified atom stereocenters. The van der Waals surface area contributed by atoms with Gasteiger partial charge in [0.25, 0.3) is 0 Å². The lowest BCUT2D eigenvalue weighted by molar-refractivity contribution is -0.177. The second-order valence-electron chi connectivity index (χ2n) is 9.63. The third kappa shape index (κ3) is 3.63. The fourth-order valence-electron chi connectivity index (χ4n) is 6.14. The Hall–Kier alpha value is -1.66. The number of carbonyl (C=O) groups is 2. The molecule has 0 bridgehead atoms. The van der Waals surface area contributed by atoms with Crippen LogP contribution in [0.1, 0.15) is 62.7 Å². The van der Waals surface area contributed by atoms with Gasteiger partial charge in [0.1, 0.15) is 12.1 Å². The van der Waals surface area contributed by atoms with E-state index in [1.165, 1.54) is 0 Å². The molecule has 3 aliphatic rings. The molecule has 5 rings (SSSR count). The lowest BCUT2D eigenvalue weighted by Crippen LogP contribution is -2.69. The highest BCUT2D eigenvalue weighted by Crippen LogP contribution is 2.48. The summed E-state index contributed by atoms with van der Waals surface area (Å²) in [6, 6.07) is 15.5. The number of amides is 2. The summed E-state index contributed by atoms with van der Waals surface area (Å²) in [5.74, 6) is 0.871. The summed E-state index contributed by atoms with van der Waals surface area (Å²) in [6.07, 6.45) is 3.35. The van der Waals surface area contributed by atoms with Gasteiger partial charge in [-0.05, 0) is 72.9 Å². The van der Waals surface area contributed by atoms with Crippen molar-refractivity contribution in [3.8, 4) is 0 Å². The molecule has 3 saturated heterocycles. The molecule has 6 atom stereocenters. The van der Waals surface area contributed by atoms with Crippen LogP contribution in [0.5, 0.6) is 0 Å². The number of piperidine rings is 2. The fraction of sp³-hybridized carbons (Fsp3) is 0.462. The van der Waals surface area contributed by atoms with Crippen LogP contribution in [0.3, 0.4) is 0 Å². The predicted molar refractivity (Wildman–Crippen MR) is 132 cm³/mol. The molecule has 0 radical (unpaired) electrons. The molecule has 0 N–H and O–H groups in total. The van der Waals surface area contributed by atoms with E-state index in [2.05, 4.69) is 70.0 Å². The molecule has 0 aromatic heterocycles. The Morgan fingerprint density at radius 1 is 0.688 bits per heavy atom. The minimum absolute atomic E-state index is 0.0616. The predicted octanol–water partition coefficient (Wildman–Crippen LogP) is 6.26. The molecule has 0 aliphatic carbocycles. The quantitative estimate of drug-likeness (QED) is 0.435. The van der Waals surface area contributed by atoms with Gasteiger partial charge in [-0.3, -0.25) is 9.59 Å². The number of halogens is 2. The van der Waals surface area contributed by atoms with E-state index in [4.69, 9.17) is 0 Å². The fourth-order valence-corrected chi connectivity index (χ4v) is 6.98. The Balaban J connectivity index is 1.55. The molecule has 0 spiro atoms. The minimum atomic E-state index is -0.376. The van der Waals surface area contributed by atoms with Crippen LogP contribution in [-0.4, -0.2) is 33.7 Å². The standard InChI is InChI=1S/C26H28Br2N2O2/c1-15-9-11-21-26(32)30-22(12-10-16(2)24(30)18-6-4-8-20(28)14-18)25(31)29(21)23(15)17-5-3-7-19(27)13-17/h3-8,13-16,21-24H,9-12H2,1-2H3/t15-,16-,21+,22+,23-,24-/m1/s1. The average molecular weight is 560 g/mol. The zero-order valence-electron chi connectivity index (χ0n) is 18.4. The highest BCUT2D eigenvalue weighted by atomic mass is 79.9. The van der Waals surface area contributed by atoms with Crippen molar-refractivity contribution in [1.29, 1.82) is 0 Å². The summed E-state index contributed by atoms with van der Waals surface area (Å²) in [7, 11) is 0. The molecule has 32 heavy (non-hydrogen) atoms. The number of benzene rings is 2. The van der Waals surface area contributed by atoms with Crippen molar-refractivity contribution in [1.82, 2.24) is 9.80 Å². The maximum atomic E-state index is 14.0. The van der Waals surface area contributed by atoms with E-state index < -0.39 is 0 Å². The Morgan fingerprint density at radius 2 is 1.09 bits per heavy atom. The summed E-state index contributed by atoms with van der Waals surface area (Å²) in [4.78, 5) is 31.9. The first-order valence-corrected chi connectivity index (χ1v) is 13.1. The molecular weight excluding hydrogens is 532 g/mol. The van der Waals surface area contributed by atoms with E-state index in [-0.39, 0.29) is 36.0 Å². The van der Waals surface area contributed by atoms with Gasteiger partial charge in [0.15, 0.2) is 0 Å². The van der Waals surface area contributed by atoms with E-state index in [1.807, 2.05) is 34.1 Å². The second kappa shape index (κ2) is 8.60. The molecule has 3 heterocycles. The monoisotopic (exact) mass is 558 g/mol. The third-order valence-electron chi connectivity index (χ3n) is 7.60. The number of nitrogens with zero attached hydrogens (tertiary/aromatic N) is 2. The molecular formula is C26H28Br2N2O2. The maximum absolute atomic E-state index is 14.0. The van der Waals surface area contributed by atoms with Gasteiger partial charge >= 0.3 is 0 Å². The number of hydrogen-bond acceptors (Lipinski definition) is 2. The lowest BCUT2D eigenvalue weighted by atomic mass is 9.76. The topological polar surface area (TPSA) is 40.6 Å². The maximum Gasteiger partial charge on any atom is 0.246 e. The Bertz CT molecular complexity index is 974. The van der Waals surface area contributed by atoms with Crippen LogP contribution in [0.25, 0.3) is 0 Å². The van der Waals surface area contributed by atoms with Crippen LogP contribution in [0.2, 0.25) is 0 Å². The first kappa shape index (κ1) is 22.1. The van der Waals surface area contributed by atoms with Gasteiger partial charge in [-0.15, -0.1) is 0 Å². The van der Waals surface area contributed by atoms with Crippen LogP contribution < -0.4 is 0 Å². The number of piperazine rings is 1. The Kier molecular flexibility index (Phi) is 5.95. The lowest BCUT2D eigenvalue weighted by Gasteiger charge is -2.56. The molecule has 6 heteroatoms. The van der Waals surface area contributed by atoms with Crippen molar-refractivity contribution in [3.05, 3.63) is 68.6 Å². The van der Waals surface area contributed by atoms with Crippen molar-refractivity contribution in [3.63, 3.8) is 0 Å². The van der Waals surface area contributed by atoms with Crippen LogP contribution in [0.15, 0.2) is 57.5 Å². The van der Waals surface area contributed by atoms with Gasteiger partial charge in [0, 0.05) is 8.95 Å². The van der Waals surface area contributed by atoms with Gasteiger partial charge in [0.05, 0.1) is 12.1 Å². The first-order chi connectivity index (χ1) is 15.4. The highest BCUT2D eigenvalue weighted by molar-refractivity contribution is 9.10. The van der Waals surface area contributed by atoms with Crippen LogP contribution in [0.4, 0.5) is 0 Å². The van der Waals surface area contributed by atoms with Crippen molar-refractivity contribution in [2.45, 2.75) is 63.7 Å². The van der Waals surface area contributed by atoms with E-state index in [9.17, 15) is 9.59 Å². The number of hydrogen-bond donors (Lipinski definition) is 0. The van der Waals surface area contributed by atoms with Crippen LogP contribution >= 0.6 is 31.9 Å². The zero-order chi connectivity index (χ0) is 22.6. The van der Waals surface area contributed by atoms with Crippen molar-refractivity contribution in [2.75, 3.05) is 0 Å². The largest absolute Gasteiger partial charge is 0.322 e. The first-order valence-electron chi connectivity index (χ1n) is 11.5. The van der Waals surface area contributed by atoms with Crippen LogP contribution in [0, 0.1) is 11.8 Å². The smallest absolute Gasteiger partial charge is 0.246 e. The zero-order valence-corrected chi connectivity index (χ0v) is 21.6. The van der Waals surface area contributed by atoms with Crippen molar-refractivity contribution >= 4 is 43.7 Å². The molecule has 168 valence electrons. The van der Waals surface area contributed by atoms with Gasteiger partial charge < -0.3 is 9.80 Å². The minimum Gasteiger partial charge on any atom is -0.322 e. The third-order valence-corrected chi connectivity index (χ3v) is 8.59.